The van der Waals surface area contributed by atoms with Crippen LogP contribution in [0, 0.1) is 11.8 Å². The van der Waals surface area contributed by atoms with Crippen molar-refractivity contribution in [3.8, 4) is 0 Å². The number of ether oxygens (including phenoxy) is 2. The Balaban J connectivity index is 1.77. The Morgan fingerprint density at radius 2 is 1.84 bits per heavy atom. The van der Waals surface area contributed by atoms with Crippen molar-refractivity contribution in [1.29, 1.82) is 0 Å². The average Bonchev–Trinajstić information content (AvgIpc) is 3.55. The molecule has 0 spiro atoms. The number of aldehydes is 1. The molecule has 3 rings (SSSR count). The highest BCUT2D eigenvalue weighted by Crippen LogP contribution is 2.54. The van der Waals surface area contributed by atoms with Crippen molar-refractivity contribution in [2.75, 3.05) is 13.2 Å². The van der Waals surface area contributed by atoms with Crippen molar-refractivity contribution >= 4 is 28.8 Å². The molecular formula is C24H43NO5Si2. The molecule has 0 N–H and O–H groups in total. The quantitative estimate of drug-likeness (QED) is 0.219. The molecule has 3 aliphatic rings. The predicted octanol–water partition coefficient (Wildman–Crippen LogP) is 5.08. The number of rotatable bonds is 7. The lowest BCUT2D eigenvalue weighted by Crippen LogP contribution is -2.47. The number of allylic oxidation sites excluding steroid dienone is 1. The maximum Gasteiger partial charge on any atom is 0.410 e. The lowest BCUT2D eigenvalue weighted by atomic mass is 10.0. The Kier molecular flexibility index (Phi) is 7.50. The van der Waals surface area contributed by atoms with E-state index >= 15 is 0 Å². The fourth-order valence-electron chi connectivity index (χ4n) is 4.39. The van der Waals surface area contributed by atoms with Crippen molar-refractivity contribution in [1.82, 2.24) is 4.90 Å². The van der Waals surface area contributed by atoms with Gasteiger partial charge in [-0.2, -0.15) is 0 Å². The molecule has 2 aliphatic heterocycles. The summed E-state index contributed by atoms with van der Waals surface area (Å²) in [7, 11) is -3.24. The topological polar surface area (TPSA) is 68.4 Å². The van der Waals surface area contributed by atoms with Crippen LogP contribution in [0.1, 0.15) is 33.6 Å². The van der Waals surface area contributed by atoms with E-state index < -0.39 is 16.4 Å². The Hall–Kier alpha value is -0.966. The third kappa shape index (κ3) is 6.13. The molecule has 6 nitrogen and oxygen atoms in total. The van der Waals surface area contributed by atoms with E-state index in [0.29, 0.717) is 19.1 Å². The van der Waals surface area contributed by atoms with Gasteiger partial charge < -0.3 is 18.8 Å². The molecule has 32 heavy (non-hydrogen) atoms. The molecule has 0 aromatic rings. The third-order valence-electron chi connectivity index (χ3n) is 7.65. The summed E-state index contributed by atoms with van der Waals surface area (Å²) in [5.74, 6) is 0.615. The van der Waals surface area contributed by atoms with E-state index in [4.69, 9.17) is 13.9 Å². The van der Waals surface area contributed by atoms with Crippen LogP contribution in [0.3, 0.4) is 0 Å². The molecule has 6 atom stereocenters. The van der Waals surface area contributed by atoms with E-state index in [0.717, 1.165) is 25.2 Å². The second kappa shape index (κ2) is 9.35. The van der Waals surface area contributed by atoms with E-state index in [1.165, 1.54) is 6.08 Å². The standard InChI is InChI=1S/C24H43NO5Si2/c1-24(2,3)32(7,8)30-21-18-16-17(18)19(10-9-13-26)25(12-11-20-22(21)29-20)23(27)28-14-15-31(4,5)6/h9-10,13,17-22H,11-12,14-16H2,1-8H3/b10-9+/t17-,18+,19+,20-,21+,22-/m1/s1. The number of carbonyl (C=O) groups excluding carboxylic acids is 2. The Morgan fingerprint density at radius 3 is 2.44 bits per heavy atom. The normalized spacial score (nSPS) is 32.9. The van der Waals surface area contributed by atoms with Crippen molar-refractivity contribution < 1.29 is 23.5 Å². The molecule has 2 saturated heterocycles. The van der Waals surface area contributed by atoms with Gasteiger partial charge in [0.15, 0.2) is 8.32 Å². The van der Waals surface area contributed by atoms with Gasteiger partial charge in [0.1, 0.15) is 12.4 Å². The summed E-state index contributed by atoms with van der Waals surface area (Å²) in [6.45, 7) is 19.2. The second-order valence-electron chi connectivity index (χ2n) is 12.5. The molecule has 1 aliphatic carbocycles. The number of nitrogens with zero attached hydrogens (tertiary/aromatic N) is 1. The van der Waals surface area contributed by atoms with Gasteiger partial charge in [0.2, 0.25) is 0 Å². The van der Waals surface area contributed by atoms with E-state index in [9.17, 15) is 9.59 Å². The molecule has 182 valence electrons. The van der Waals surface area contributed by atoms with Crippen LogP contribution < -0.4 is 0 Å². The highest BCUT2D eigenvalue weighted by molar-refractivity contribution is 6.76. The second-order valence-corrected chi connectivity index (χ2v) is 22.8. The summed E-state index contributed by atoms with van der Waals surface area (Å²) < 4.78 is 18.7. The minimum atomic E-state index is -1.96. The van der Waals surface area contributed by atoms with Crippen LogP contribution in [-0.2, 0) is 18.7 Å². The SMILES string of the molecule is CC(C)(C)[Si](C)(C)O[C@H]1[C@H]2C[C@H]2[C@H](/C=C/C=O)N(C(=O)OCC[Si](C)(C)C)CC[C@H]2O[C@@H]12. The lowest BCUT2D eigenvalue weighted by molar-refractivity contribution is -0.104. The first-order chi connectivity index (χ1) is 14.7. The average molecular weight is 482 g/mol. The first kappa shape index (κ1) is 25.7. The smallest absolute Gasteiger partial charge is 0.410 e. The molecule has 8 heteroatoms. The van der Waals surface area contributed by atoms with Gasteiger partial charge in [-0.15, -0.1) is 0 Å². The van der Waals surface area contributed by atoms with Gasteiger partial charge >= 0.3 is 6.09 Å². The van der Waals surface area contributed by atoms with Crippen LogP contribution in [0.2, 0.25) is 43.8 Å². The van der Waals surface area contributed by atoms with Crippen LogP contribution in [0.4, 0.5) is 4.79 Å². The van der Waals surface area contributed by atoms with Crippen LogP contribution in [0.25, 0.3) is 0 Å². The Labute approximate surface area is 196 Å². The summed E-state index contributed by atoms with van der Waals surface area (Å²) in [4.78, 5) is 26.0. The number of hydrogen-bond donors (Lipinski definition) is 0. The summed E-state index contributed by atoms with van der Waals surface area (Å²) in [5.41, 5.74) is 0. The maximum absolute atomic E-state index is 13.1. The van der Waals surface area contributed by atoms with Gasteiger partial charge in [0.05, 0.1) is 24.9 Å². The monoisotopic (exact) mass is 481 g/mol. The van der Waals surface area contributed by atoms with Crippen molar-refractivity contribution in [2.24, 2.45) is 11.8 Å². The van der Waals surface area contributed by atoms with Gasteiger partial charge in [-0.05, 0) is 54.9 Å². The van der Waals surface area contributed by atoms with Gasteiger partial charge in [-0.1, -0.05) is 46.5 Å². The molecule has 0 aromatic heterocycles. The highest BCUT2D eigenvalue weighted by atomic mass is 28.4. The van der Waals surface area contributed by atoms with Crippen LogP contribution in [-0.4, -0.2) is 71.2 Å². The predicted molar refractivity (Wildman–Crippen MR) is 132 cm³/mol. The largest absolute Gasteiger partial charge is 0.450 e. The van der Waals surface area contributed by atoms with E-state index in [-0.39, 0.29) is 41.4 Å². The zero-order valence-corrected chi connectivity index (χ0v) is 23.2. The Bertz CT molecular complexity index is 727. The van der Waals surface area contributed by atoms with Gasteiger partial charge in [0, 0.05) is 14.6 Å². The fraction of sp³-hybridized carbons (Fsp3) is 0.833. The van der Waals surface area contributed by atoms with Crippen LogP contribution in [0.15, 0.2) is 12.2 Å². The lowest BCUT2D eigenvalue weighted by Gasteiger charge is -2.39. The zero-order chi connectivity index (χ0) is 23.9. The van der Waals surface area contributed by atoms with E-state index in [1.807, 2.05) is 11.0 Å². The number of fused-ring (bicyclic) bond motifs is 2. The number of carbonyl (C=O) groups is 2. The molecule has 0 aromatic carbocycles. The van der Waals surface area contributed by atoms with Gasteiger partial charge in [0.25, 0.3) is 0 Å². The fourth-order valence-corrected chi connectivity index (χ4v) is 6.45. The van der Waals surface area contributed by atoms with Gasteiger partial charge in [-0.3, -0.25) is 4.79 Å². The van der Waals surface area contributed by atoms with Crippen molar-refractivity contribution in [2.45, 2.75) is 102 Å². The minimum absolute atomic E-state index is 0.0703. The summed E-state index contributed by atoms with van der Waals surface area (Å²) in [6.07, 6.45) is 6.03. The summed E-state index contributed by atoms with van der Waals surface area (Å²) in [6, 6.07) is 0.816. The first-order valence-electron chi connectivity index (χ1n) is 12.1. The van der Waals surface area contributed by atoms with E-state index in [2.05, 4.69) is 53.5 Å². The first-order valence-corrected chi connectivity index (χ1v) is 18.8. The molecular weight excluding hydrogens is 438 g/mol. The molecule has 0 unspecified atom stereocenters. The van der Waals surface area contributed by atoms with E-state index in [1.54, 1.807) is 0 Å². The molecule has 0 bridgehead atoms. The minimum Gasteiger partial charge on any atom is -0.450 e. The van der Waals surface area contributed by atoms with Crippen LogP contribution >= 0.6 is 0 Å². The van der Waals surface area contributed by atoms with Gasteiger partial charge in [-0.25, -0.2) is 4.79 Å². The number of hydrogen-bond acceptors (Lipinski definition) is 5. The van der Waals surface area contributed by atoms with Crippen LogP contribution in [0.5, 0.6) is 0 Å². The molecule has 1 saturated carbocycles. The Morgan fingerprint density at radius 1 is 1.16 bits per heavy atom. The number of amides is 1. The van der Waals surface area contributed by atoms with Crippen molar-refractivity contribution in [3.05, 3.63) is 12.2 Å². The summed E-state index contributed by atoms with van der Waals surface area (Å²) >= 11 is 0. The third-order valence-corrected chi connectivity index (χ3v) is 13.8. The highest BCUT2D eigenvalue weighted by Gasteiger charge is 2.60. The number of epoxide rings is 1. The molecule has 0 radical (unpaired) electrons. The summed E-state index contributed by atoms with van der Waals surface area (Å²) in [5, 5.41) is 0.128. The zero-order valence-electron chi connectivity index (χ0n) is 21.2. The molecule has 1 amide bonds. The molecule has 2 heterocycles. The molecule has 3 fully saturated rings. The van der Waals surface area contributed by atoms with Crippen molar-refractivity contribution in [3.63, 3.8) is 0 Å². The maximum atomic E-state index is 13.1.